The third kappa shape index (κ3) is 5.11. The molecule has 1 amide bonds. The lowest BCUT2D eigenvalue weighted by molar-refractivity contribution is -0.126. The third-order valence-electron chi connectivity index (χ3n) is 4.33. The minimum Gasteiger partial charge on any atom is -0.379 e. The summed E-state index contributed by atoms with van der Waals surface area (Å²) in [5.74, 6) is 0.777. The molecule has 1 aromatic heterocycles. The molecule has 0 spiro atoms. The van der Waals surface area contributed by atoms with Gasteiger partial charge in [0, 0.05) is 26.5 Å². The van der Waals surface area contributed by atoms with Gasteiger partial charge in [0.2, 0.25) is 5.91 Å². The fourth-order valence-corrected chi connectivity index (χ4v) is 2.87. The van der Waals surface area contributed by atoms with Crippen molar-refractivity contribution in [2.75, 3.05) is 13.2 Å². The molecule has 1 aromatic carbocycles. The van der Waals surface area contributed by atoms with Crippen LogP contribution in [0.25, 0.3) is 0 Å². The van der Waals surface area contributed by atoms with E-state index >= 15 is 0 Å². The van der Waals surface area contributed by atoms with Gasteiger partial charge >= 0.3 is 0 Å². The molecule has 2 atom stereocenters. The van der Waals surface area contributed by atoms with Crippen LogP contribution in [0.1, 0.15) is 24.2 Å². The first kappa shape index (κ1) is 17.6. The van der Waals surface area contributed by atoms with E-state index < -0.39 is 0 Å². The number of amides is 1. The van der Waals surface area contributed by atoms with E-state index in [0.29, 0.717) is 32.7 Å². The molecule has 1 aliphatic heterocycles. The van der Waals surface area contributed by atoms with Crippen LogP contribution >= 0.6 is 0 Å². The Labute approximate surface area is 147 Å². The van der Waals surface area contributed by atoms with Crippen molar-refractivity contribution < 1.29 is 14.3 Å². The monoisotopic (exact) mass is 344 g/mol. The van der Waals surface area contributed by atoms with Crippen LogP contribution in [-0.2, 0) is 34.3 Å². The van der Waals surface area contributed by atoms with E-state index in [1.54, 1.807) is 6.33 Å². The molecule has 1 N–H and O–H groups in total. The zero-order valence-corrected chi connectivity index (χ0v) is 14.4. The largest absolute Gasteiger partial charge is 0.379 e. The summed E-state index contributed by atoms with van der Waals surface area (Å²) in [7, 11) is 1.87. The number of nitrogens with one attached hydrogen (secondary N) is 1. The second-order valence-electron chi connectivity index (χ2n) is 6.23. The highest BCUT2D eigenvalue weighted by Gasteiger charge is 2.28. The van der Waals surface area contributed by atoms with Crippen LogP contribution in [-0.4, -0.2) is 46.0 Å². The molecule has 7 heteroatoms. The van der Waals surface area contributed by atoms with Gasteiger partial charge in [-0.05, 0) is 12.0 Å². The average Bonchev–Trinajstić information content (AvgIpc) is 3.05. The zero-order valence-electron chi connectivity index (χ0n) is 14.4. The fraction of sp³-hybridized carbons (Fsp3) is 0.500. The molecule has 2 heterocycles. The van der Waals surface area contributed by atoms with Gasteiger partial charge in [-0.3, -0.25) is 4.79 Å². The number of ether oxygens (including phenoxy) is 2. The second-order valence-corrected chi connectivity index (χ2v) is 6.23. The Balaban J connectivity index is 1.48. The lowest BCUT2D eigenvalue weighted by Crippen LogP contribution is -2.50. The molecule has 0 saturated carbocycles. The summed E-state index contributed by atoms with van der Waals surface area (Å²) in [5, 5.41) is 10.9. The van der Waals surface area contributed by atoms with Gasteiger partial charge < -0.3 is 19.4 Å². The molecule has 0 radical (unpaired) electrons. The smallest absolute Gasteiger partial charge is 0.220 e. The van der Waals surface area contributed by atoms with Gasteiger partial charge in [-0.15, -0.1) is 10.2 Å². The molecule has 1 aliphatic rings. The lowest BCUT2D eigenvalue weighted by atomic mass is 10.1. The number of benzene rings is 1. The number of aromatic nitrogens is 3. The van der Waals surface area contributed by atoms with Crippen LogP contribution in [0.5, 0.6) is 0 Å². The highest BCUT2D eigenvalue weighted by atomic mass is 16.5. The Morgan fingerprint density at radius 3 is 3.00 bits per heavy atom. The summed E-state index contributed by atoms with van der Waals surface area (Å²) in [5.41, 5.74) is 1.13. The van der Waals surface area contributed by atoms with E-state index in [9.17, 15) is 4.79 Å². The predicted octanol–water partition coefficient (Wildman–Crippen LogP) is 1.24. The average molecular weight is 344 g/mol. The number of carbonyl (C=O) groups excluding carboxylic acids is 1. The van der Waals surface area contributed by atoms with Crippen LogP contribution < -0.4 is 5.32 Å². The number of hydrogen-bond acceptors (Lipinski definition) is 5. The molecule has 1 fully saturated rings. The van der Waals surface area contributed by atoms with Crippen molar-refractivity contribution in [3.63, 3.8) is 0 Å². The van der Waals surface area contributed by atoms with Gasteiger partial charge in [-0.1, -0.05) is 30.3 Å². The molecule has 25 heavy (non-hydrogen) atoms. The summed E-state index contributed by atoms with van der Waals surface area (Å²) in [6.45, 7) is 1.68. The maximum atomic E-state index is 12.3. The minimum absolute atomic E-state index is 0.0215. The summed E-state index contributed by atoms with van der Waals surface area (Å²) < 4.78 is 13.4. The fourth-order valence-electron chi connectivity index (χ4n) is 2.87. The molecule has 3 rings (SSSR count). The second kappa shape index (κ2) is 8.73. The quantitative estimate of drug-likeness (QED) is 0.818. The molecule has 7 nitrogen and oxygen atoms in total. The molecule has 0 aliphatic carbocycles. The molecule has 0 bridgehead atoms. The summed E-state index contributed by atoms with van der Waals surface area (Å²) in [6.07, 6.45) is 3.31. The van der Waals surface area contributed by atoms with E-state index in [0.717, 1.165) is 17.8 Å². The van der Waals surface area contributed by atoms with Crippen molar-refractivity contribution in [3.05, 3.63) is 48.0 Å². The lowest BCUT2D eigenvalue weighted by Gasteiger charge is -2.32. The number of aryl methyl sites for hydroxylation is 2. The van der Waals surface area contributed by atoms with Gasteiger partial charge in [0.05, 0.1) is 25.4 Å². The standard InChI is InChI=1S/C18H24N4O3/c1-22-13-19-21-17(22)7-8-18(23)20-15-12-24-10-9-16(15)25-11-14-5-3-2-4-6-14/h2-6,13,15-16H,7-12H2,1H3,(H,20,23)/t15-,16+/m1/s1. The topological polar surface area (TPSA) is 78.3 Å². The van der Waals surface area contributed by atoms with Crippen LogP contribution in [0.3, 0.4) is 0 Å². The van der Waals surface area contributed by atoms with Crippen molar-refractivity contribution in [1.29, 1.82) is 0 Å². The molecule has 134 valence electrons. The van der Waals surface area contributed by atoms with Crippen molar-refractivity contribution in [3.8, 4) is 0 Å². The zero-order chi connectivity index (χ0) is 17.5. The number of carbonyl (C=O) groups is 1. The summed E-state index contributed by atoms with van der Waals surface area (Å²) in [6, 6.07) is 9.92. The van der Waals surface area contributed by atoms with E-state index in [4.69, 9.17) is 9.47 Å². The summed E-state index contributed by atoms with van der Waals surface area (Å²) >= 11 is 0. The number of hydrogen-bond donors (Lipinski definition) is 1. The normalized spacial score (nSPS) is 20.4. The van der Waals surface area contributed by atoms with Gasteiger partial charge in [-0.2, -0.15) is 0 Å². The molecule has 0 unspecified atom stereocenters. The van der Waals surface area contributed by atoms with E-state index in [1.165, 1.54) is 0 Å². The maximum absolute atomic E-state index is 12.3. The first-order valence-electron chi connectivity index (χ1n) is 8.58. The third-order valence-corrected chi connectivity index (χ3v) is 4.33. The van der Waals surface area contributed by atoms with Gasteiger partial charge in [0.15, 0.2) is 0 Å². The van der Waals surface area contributed by atoms with Crippen molar-refractivity contribution in [2.45, 2.75) is 38.0 Å². The minimum atomic E-state index is -0.121. The Morgan fingerprint density at radius 2 is 2.24 bits per heavy atom. The van der Waals surface area contributed by atoms with Crippen LogP contribution in [0, 0.1) is 0 Å². The Hall–Kier alpha value is -2.25. The van der Waals surface area contributed by atoms with E-state index in [-0.39, 0.29) is 18.1 Å². The molecule has 1 saturated heterocycles. The number of rotatable bonds is 7. The van der Waals surface area contributed by atoms with Gasteiger partial charge in [0.1, 0.15) is 12.2 Å². The highest BCUT2D eigenvalue weighted by Crippen LogP contribution is 2.15. The first-order chi connectivity index (χ1) is 12.2. The first-order valence-corrected chi connectivity index (χ1v) is 8.58. The van der Waals surface area contributed by atoms with E-state index in [1.807, 2.05) is 41.9 Å². The predicted molar refractivity (Wildman–Crippen MR) is 91.7 cm³/mol. The Bertz CT molecular complexity index is 674. The van der Waals surface area contributed by atoms with Gasteiger partial charge in [0.25, 0.3) is 0 Å². The van der Waals surface area contributed by atoms with Crippen molar-refractivity contribution in [2.24, 2.45) is 7.05 Å². The molecule has 2 aromatic rings. The van der Waals surface area contributed by atoms with Gasteiger partial charge in [-0.25, -0.2) is 0 Å². The molecular weight excluding hydrogens is 320 g/mol. The Morgan fingerprint density at radius 1 is 1.40 bits per heavy atom. The number of nitrogens with zero attached hydrogens (tertiary/aromatic N) is 3. The van der Waals surface area contributed by atoms with Crippen LogP contribution in [0.4, 0.5) is 0 Å². The SMILES string of the molecule is Cn1cnnc1CCC(=O)N[C@@H]1COCC[C@@H]1OCc1ccccc1. The summed E-state index contributed by atoms with van der Waals surface area (Å²) in [4.78, 5) is 12.3. The van der Waals surface area contributed by atoms with E-state index in [2.05, 4.69) is 15.5 Å². The van der Waals surface area contributed by atoms with Crippen LogP contribution in [0.2, 0.25) is 0 Å². The highest BCUT2D eigenvalue weighted by molar-refractivity contribution is 5.76. The van der Waals surface area contributed by atoms with Crippen molar-refractivity contribution >= 4 is 5.91 Å². The Kier molecular flexibility index (Phi) is 6.14. The maximum Gasteiger partial charge on any atom is 0.220 e. The van der Waals surface area contributed by atoms with Crippen LogP contribution in [0.15, 0.2) is 36.7 Å². The van der Waals surface area contributed by atoms with Crippen molar-refractivity contribution in [1.82, 2.24) is 20.1 Å². The molecular formula is C18H24N4O3.